The molecule has 1 heterocycles. The zero-order chi connectivity index (χ0) is 28.1. The number of amides is 5. The molecule has 2 aliphatic carbocycles. The molecule has 37 heavy (non-hydrogen) atoms. The number of likely N-dealkylation sites (tertiary alicyclic amines) is 1. The van der Waals surface area contributed by atoms with E-state index in [1.807, 2.05) is 13.8 Å². The van der Waals surface area contributed by atoms with Gasteiger partial charge in [0.1, 0.15) is 18.8 Å². The number of carbonyl (C=O) groups is 5. The van der Waals surface area contributed by atoms with Crippen LogP contribution in [0.25, 0.3) is 0 Å². The highest BCUT2D eigenvalue weighted by Gasteiger charge is 2.70. The Balaban J connectivity index is 1.83. The average Bonchev–Trinajstić information content (AvgIpc) is 3.62. The number of primary amides is 1. The monoisotopic (exact) mass is 523 g/mol. The molecule has 3 fully saturated rings. The molecule has 2 saturated carbocycles. The fourth-order valence-electron chi connectivity index (χ4n) is 5.48. The Hall–Kier alpha value is -2.72. The molecule has 5 amide bonds. The lowest BCUT2D eigenvalue weighted by Crippen LogP contribution is -2.62. The number of piperidine rings is 1. The van der Waals surface area contributed by atoms with E-state index in [-0.39, 0.29) is 23.2 Å². The number of urea groups is 1. The summed E-state index contributed by atoms with van der Waals surface area (Å²) in [5.41, 5.74) is 3.23. The van der Waals surface area contributed by atoms with E-state index in [1.165, 1.54) is 18.7 Å². The summed E-state index contributed by atoms with van der Waals surface area (Å²) in [6, 6.07) is -3.56. The molecule has 3 aliphatic rings. The zero-order valence-electron chi connectivity index (χ0n) is 22.9. The van der Waals surface area contributed by atoms with Crippen LogP contribution in [0.15, 0.2) is 0 Å². The van der Waals surface area contributed by atoms with Crippen LogP contribution in [0.5, 0.6) is 0 Å². The quantitative estimate of drug-likeness (QED) is 0.318. The number of fused-ring (bicyclic) bond motifs is 1. The van der Waals surface area contributed by atoms with Gasteiger partial charge in [-0.1, -0.05) is 47.5 Å². The number of nitrogens with one attached hydrogen (secondary N) is 3. The fraction of sp³-hybridized carbons (Fsp3) is 0.808. The first-order valence-electron chi connectivity index (χ1n) is 13.0. The van der Waals surface area contributed by atoms with Crippen molar-refractivity contribution in [3.8, 4) is 0 Å². The molecule has 5 N–H and O–H groups in total. The lowest BCUT2D eigenvalue weighted by molar-refractivity contribution is -0.145. The number of carbonyl (C=O) groups excluding carboxylic acids is 5. The Morgan fingerprint density at radius 3 is 2.14 bits per heavy atom. The van der Waals surface area contributed by atoms with Crippen molar-refractivity contribution in [2.75, 3.05) is 13.2 Å². The highest BCUT2D eigenvalue weighted by molar-refractivity contribution is 6.37. The number of halogens is 1. The van der Waals surface area contributed by atoms with E-state index < -0.39 is 65.3 Å². The first-order valence-corrected chi connectivity index (χ1v) is 13.0. The van der Waals surface area contributed by atoms with Crippen molar-refractivity contribution in [3.63, 3.8) is 0 Å². The molecule has 0 aromatic carbocycles. The van der Waals surface area contributed by atoms with Crippen LogP contribution in [0.3, 0.4) is 0 Å². The highest BCUT2D eigenvalue weighted by atomic mass is 19.1. The molecule has 0 aromatic rings. The maximum absolute atomic E-state index is 13.9. The van der Waals surface area contributed by atoms with Crippen LogP contribution in [0.4, 0.5) is 9.18 Å². The SMILES string of the molecule is CC(C)(CF)NC(=O)N[C@H](C(=O)N1C[C@H]2[C@@H]([C@H]1C(=O)NC(CC1CC1)C(=O)C(N)=O)C2(C)C)C(C)(C)C. The van der Waals surface area contributed by atoms with Gasteiger partial charge in [-0.25, -0.2) is 9.18 Å². The van der Waals surface area contributed by atoms with Gasteiger partial charge in [0, 0.05) is 6.54 Å². The van der Waals surface area contributed by atoms with E-state index in [4.69, 9.17) is 5.73 Å². The predicted octanol–water partition coefficient (Wildman–Crippen LogP) is 1.27. The van der Waals surface area contributed by atoms with Gasteiger partial charge in [0.05, 0.1) is 11.6 Å². The molecule has 3 rings (SSSR count). The molecule has 0 aromatic heterocycles. The Labute approximate surface area is 218 Å². The van der Waals surface area contributed by atoms with E-state index in [9.17, 15) is 28.4 Å². The van der Waals surface area contributed by atoms with E-state index in [0.717, 1.165) is 12.8 Å². The molecule has 1 unspecified atom stereocenters. The fourth-order valence-corrected chi connectivity index (χ4v) is 5.48. The standard InChI is InChI=1S/C26H42FN5O5/c1-24(2,3)19(30-23(37)31-25(4,5)12-27)22(36)32-11-14-16(26(14,6)7)17(32)21(35)29-15(10-13-8-9-13)18(33)20(28)34/h13-17,19H,8-12H2,1-7H3,(H2,28,34)(H,29,35)(H2,30,31,37)/t14-,15?,16-,17-,19+/m0/s1. The first kappa shape index (κ1) is 28.8. The molecule has 11 heteroatoms. The second kappa shape index (κ2) is 9.87. The highest BCUT2D eigenvalue weighted by Crippen LogP contribution is 2.65. The van der Waals surface area contributed by atoms with E-state index >= 15 is 0 Å². The normalized spacial score (nSPS) is 25.9. The summed E-state index contributed by atoms with van der Waals surface area (Å²) in [4.78, 5) is 65.6. The van der Waals surface area contributed by atoms with Gasteiger partial charge in [0.25, 0.3) is 5.91 Å². The van der Waals surface area contributed by atoms with E-state index in [1.54, 1.807) is 20.8 Å². The maximum Gasteiger partial charge on any atom is 0.315 e. The zero-order valence-corrected chi connectivity index (χ0v) is 22.9. The number of nitrogens with zero attached hydrogens (tertiary/aromatic N) is 1. The van der Waals surface area contributed by atoms with Crippen LogP contribution in [0, 0.1) is 28.6 Å². The summed E-state index contributed by atoms with van der Waals surface area (Å²) in [5, 5.41) is 7.95. The summed E-state index contributed by atoms with van der Waals surface area (Å²) in [5.74, 6) is -2.66. The topological polar surface area (TPSA) is 151 Å². The molecule has 1 saturated heterocycles. The first-order chi connectivity index (χ1) is 16.9. The summed E-state index contributed by atoms with van der Waals surface area (Å²) >= 11 is 0. The molecule has 0 bridgehead atoms. The minimum Gasteiger partial charge on any atom is -0.363 e. The van der Waals surface area contributed by atoms with Gasteiger partial charge >= 0.3 is 6.03 Å². The van der Waals surface area contributed by atoms with Crippen molar-refractivity contribution in [1.82, 2.24) is 20.9 Å². The molecule has 1 aliphatic heterocycles. The molecular weight excluding hydrogens is 481 g/mol. The Morgan fingerprint density at radius 1 is 1.05 bits per heavy atom. The Morgan fingerprint density at radius 2 is 1.65 bits per heavy atom. The maximum atomic E-state index is 13.9. The van der Waals surface area contributed by atoms with Gasteiger partial charge in [0.15, 0.2) is 0 Å². The molecule has 5 atom stereocenters. The van der Waals surface area contributed by atoms with Gasteiger partial charge in [-0.05, 0) is 48.9 Å². The molecule has 10 nitrogen and oxygen atoms in total. The van der Waals surface area contributed by atoms with Gasteiger partial charge in [-0.2, -0.15) is 0 Å². The van der Waals surface area contributed by atoms with E-state index in [0.29, 0.717) is 13.0 Å². The molecular formula is C26H42FN5O5. The minimum atomic E-state index is -1.11. The second-order valence-corrected chi connectivity index (χ2v) is 13.3. The van der Waals surface area contributed by atoms with Crippen LogP contribution >= 0.6 is 0 Å². The average molecular weight is 524 g/mol. The van der Waals surface area contributed by atoms with Crippen LogP contribution < -0.4 is 21.7 Å². The second-order valence-electron chi connectivity index (χ2n) is 13.3. The van der Waals surface area contributed by atoms with Crippen LogP contribution in [-0.2, 0) is 19.2 Å². The molecule has 0 spiro atoms. The summed E-state index contributed by atoms with van der Waals surface area (Å²) in [6.45, 7) is 12.1. The van der Waals surface area contributed by atoms with E-state index in [2.05, 4.69) is 16.0 Å². The Bertz CT molecular complexity index is 971. The van der Waals surface area contributed by atoms with Gasteiger partial charge in [-0.15, -0.1) is 0 Å². The van der Waals surface area contributed by atoms with Crippen molar-refractivity contribution in [1.29, 1.82) is 0 Å². The third kappa shape index (κ3) is 6.23. The van der Waals surface area contributed by atoms with Crippen molar-refractivity contribution in [2.45, 2.75) is 91.4 Å². The van der Waals surface area contributed by atoms with Crippen molar-refractivity contribution >= 4 is 29.5 Å². The minimum absolute atomic E-state index is 0.0841. The largest absolute Gasteiger partial charge is 0.363 e. The van der Waals surface area contributed by atoms with Crippen LogP contribution in [0.1, 0.15) is 67.7 Å². The lowest BCUT2D eigenvalue weighted by Gasteiger charge is -2.38. The van der Waals surface area contributed by atoms with Gasteiger partial charge in [0.2, 0.25) is 17.6 Å². The van der Waals surface area contributed by atoms with Crippen molar-refractivity contribution < 1.29 is 28.4 Å². The van der Waals surface area contributed by atoms with Crippen molar-refractivity contribution in [2.24, 2.45) is 34.3 Å². The number of ketones is 1. The predicted molar refractivity (Wildman–Crippen MR) is 135 cm³/mol. The number of Topliss-reactive ketones (excluding diaryl/α,β-unsaturated/α-hetero) is 1. The smallest absolute Gasteiger partial charge is 0.315 e. The third-order valence-electron chi connectivity index (χ3n) is 8.08. The summed E-state index contributed by atoms with van der Waals surface area (Å²) in [7, 11) is 0. The number of rotatable bonds is 10. The number of alkyl halides is 1. The Kier molecular flexibility index (Phi) is 7.69. The summed E-state index contributed by atoms with van der Waals surface area (Å²) in [6.07, 6.45) is 2.18. The number of hydrogen-bond donors (Lipinski definition) is 4. The molecule has 208 valence electrons. The van der Waals surface area contributed by atoms with Gasteiger partial charge < -0.3 is 26.6 Å². The number of hydrogen-bond acceptors (Lipinski definition) is 5. The third-order valence-corrected chi connectivity index (χ3v) is 8.08. The van der Waals surface area contributed by atoms with Crippen LogP contribution in [0.2, 0.25) is 0 Å². The van der Waals surface area contributed by atoms with Crippen molar-refractivity contribution in [3.05, 3.63) is 0 Å². The molecule has 0 radical (unpaired) electrons. The lowest BCUT2D eigenvalue weighted by atomic mass is 9.85. The van der Waals surface area contributed by atoms with Gasteiger partial charge in [-0.3, -0.25) is 19.2 Å². The number of nitrogens with two attached hydrogens (primary N) is 1. The summed E-state index contributed by atoms with van der Waals surface area (Å²) < 4.78 is 13.2. The van der Waals surface area contributed by atoms with Crippen LogP contribution in [-0.4, -0.2) is 71.3 Å².